The van der Waals surface area contributed by atoms with Crippen LogP contribution < -0.4 is 4.74 Å². The number of hydrogen-bond acceptors (Lipinski definition) is 7. The molecular weight excluding hydrogens is 396 g/mol. The summed E-state index contributed by atoms with van der Waals surface area (Å²) in [7, 11) is 0. The summed E-state index contributed by atoms with van der Waals surface area (Å²) in [4.78, 5) is 11.6. The summed E-state index contributed by atoms with van der Waals surface area (Å²) in [6, 6.07) is 10.9. The summed E-state index contributed by atoms with van der Waals surface area (Å²) >= 11 is 3.46. The molecule has 0 aliphatic heterocycles. The zero-order chi connectivity index (χ0) is 19.3. The third-order valence-electron chi connectivity index (χ3n) is 4.40. The number of nitro benzene ring substituents is 1. The highest BCUT2D eigenvalue weighted by Crippen LogP contribution is 2.39. The van der Waals surface area contributed by atoms with Gasteiger partial charge in [0.25, 0.3) is 5.69 Å². The summed E-state index contributed by atoms with van der Waals surface area (Å²) in [5, 5.41) is 22.6. The van der Waals surface area contributed by atoms with Gasteiger partial charge in [0.1, 0.15) is 11.6 Å². The fraction of sp³-hybridized carbons (Fsp3) is 0.368. The van der Waals surface area contributed by atoms with Gasteiger partial charge in [0.15, 0.2) is 5.16 Å². The number of ether oxygens (including phenoxy) is 1. The first-order chi connectivity index (χ1) is 13.7. The molecule has 9 heteroatoms. The molecular formula is C19H20N4O3S2. The summed E-state index contributed by atoms with van der Waals surface area (Å²) < 4.78 is 7.97. The molecule has 1 aliphatic carbocycles. The Kier molecular flexibility index (Phi) is 5.92. The molecule has 0 N–H and O–H groups in total. The SMILES string of the molecule is O=[N+]([O-])c1ccc(OCCCSc2nnc(Cc3cccs3)n2C2CC2)cc1. The number of benzene rings is 1. The zero-order valence-corrected chi connectivity index (χ0v) is 16.8. The second-order valence-electron chi connectivity index (χ2n) is 6.56. The van der Waals surface area contributed by atoms with Gasteiger partial charge in [0.05, 0.1) is 11.5 Å². The molecule has 0 unspecified atom stereocenters. The first kappa shape index (κ1) is 18.9. The van der Waals surface area contributed by atoms with Gasteiger partial charge in [-0.3, -0.25) is 10.1 Å². The molecule has 1 fully saturated rings. The van der Waals surface area contributed by atoms with Crippen molar-refractivity contribution in [3.8, 4) is 5.75 Å². The van der Waals surface area contributed by atoms with Gasteiger partial charge in [-0.25, -0.2) is 0 Å². The van der Waals surface area contributed by atoms with E-state index in [9.17, 15) is 10.1 Å². The van der Waals surface area contributed by atoms with Crippen LogP contribution in [-0.4, -0.2) is 32.0 Å². The lowest BCUT2D eigenvalue weighted by Crippen LogP contribution is -2.04. The minimum Gasteiger partial charge on any atom is -0.494 e. The van der Waals surface area contributed by atoms with E-state index in [4.69, 9.17) is 4.74 Å². The molecule has 146 valence electrons. The van der Waals surface area contributed by atoms with Gasteiger partial charge in [-0.2, -0.15) is 0 Å². The van der Waals surface area contributed by atoms with Gasteiger partial charge in [-0.05, 0) is 42.8 Å². The van der Waals surface area contributed by atoms with E-state index in [2.05, 4.69) is 32.3 Å². The number of nitro groups is 1. The van der Waals surface area contributed by atoms with E-state index in [0.717, 1.165) is 29.6 Å². The van der Waals surface area contributed by atoms with Crippen LogP contribution in [0.5, 0.6) is 5.75 Å². The maximum absolute atomic E-state index is 10.7. The molecule has 0 saturated heterocycles. The van der Waals surface area contributed by atoms with Crippen LogP contribution in [0, 0.1) is 10.1 Å². The zero-order valence-electron chi connectivity index (χ0n) is 15.2. The van der Waals surface area contributed by atoms with E-state index in [1.165, 1.54) is 29.9 Å². The van der Waals surface area contributed by atoms with Crippen molar-refractivity contribution in [3.63, 3.8) is 0 Å². The Morgan fingerprint density at radius 2 is 2.07 bits per heavy atom. The smallest absolute Gasteiger partial charge is 0.269 e. The average Bonchev–Trinajstić information content (AvgIpc) is 3.25. The van der Waals surface area contributed by atoms with Crippen molar-refractivity contribution >= 4 is 28.8 Å². The van der Waals surface area contributed by atoms with E-state index < -0.39 is 4.92 Å². The number of rotatable bonds is 10. The summed E-state index contributed by atoms with van der Waals surface area (Å²) in [6.07, 6.45) is 4.10. The number of aromatic nitrogens is 3. The van der Waals surface area contributed by atoms with Crippen molar-refractivity contribution in [2.75, 3.05) is 12.4 Å². The lowest BCUT2D eigenvalue weighted by atomic mass is 10.3. The maximum atomic E-state index is 10.7. The molecule has 0 atom stereocenters. The van der Waals surface area contributed by atoms with Crippen molar-refractivity contribution in [1.82, 2.24) is 14.8 Å². The quantitative estimate of drug-likeness (QED) is 0.206. The number of thiophene rings is 1. The molecule has 1 aliphatic rings. The number of hydrogen-bond donors (Lipinski definition) is 0. The molecule has 1 saturated carbocycles. The van der Waals surface area contributed by atoms with Crippen LogP contribution >= 0.6 is 23.1 Å². The number of nitrogens with zero attached hydrogens (tertiary/aromatic N) is 4. The van der Waals surface area contributed by atoms with Gasteiger partial charge in [0, 0.05) is 35.2 Å². The van der Waals surface area contributed by atoms with Crippen molar-refractivity contribution < 1.29 is 9.66 Å². The Labute approximate surface area is 170 Å². The van der Waals surface area contributed by atoms with Gasteiger partial charge >= 0.3 is 0 Å². The minimum atomic E-state index is -0.414. The molecule has 0 bridgehead atoms. The van der Waals surface area contributed by atoms with E-state index >= 15 is 0 Å². The topological polar surface area (TPSA) is 83.1 Å². The molecule has 1 aromatic carbocycles. The monoisotopic (exact) mass is 416 g/mol. The first-order valence-corrected chi connectivity index (χ1v) is 11.0. The van der Waals surface area contributed by atoms with Gasteiger partial charge in [0.2, 0.25) is 0 Å². The van der Waals surface area contributed by atoms with Crippen LogP contribution in [0.25, 0.3) is 0 Å². The van der Waals surface area contributed by atoms with Crippen LogP contribution in [0.3, 0.4) is 0 Å². The second-order valence-corrected chi connectivity index (χ2v) is 8.65. The van der Waals surface area contributed by atoms with Crippen LogP contribution in [0.4, 0.5) is 5.69 Å². The summed E-state index contributed by atoms with van der Waals surface area (Å²) in [5.74, 6) is 2.58. The van der Waals surface area contributed by atoms with E-state index in [1.54, 1.807) is 35.2 Å². The minimum absolute atomic E-state index is 0.0701. The number of thioether (sulfide) groups is 1. The van der Waals surface area contributed by atoms with Crippen molar-refractivity contribution in [3.05, 3.63) is 62.6 Å². The van der Waals surface area contributed by atoms with Crippen LogP contribution in [0.15, 0.2) is 46.9 Å². The largest absolute Gasteiger partial charge is 0.494 e. The third-order valence-corrected chi connectivity index (χ3v) is 6.30. The first-order valence-electron chi connectivity index (χ1n) is 9.17. The van der Waals surface area contributed by atoms with Gasteiger partial charge in [-0.15, -0.1) is 21.5 Å². The predicted octanol–water partition coefficient (Wildman–Crippen LogP) is 4.73. The van der Waals surface area contributed by atoms with Crippen molar-refractivity contribution in [2.24, 2.45) is 0 Å². The molecule has 0 spiro atoms. The predicted molar refractivity (Wildman–Crippen MR) is 109 cm³/mol. The lowest BCUT2D eigenvalue weighted by molar-refractivity contribution is -0.384. The van der Waals surface area contributed by atoms with Crippen molar-refractivity contribution in [2.45, 2.75) is 36.9 Å². The Morgan fingerprint density at radius 3 is 2.75 bits per heavy atom. The fourth-order valence-corrected chi connectivity index (χ4v) is 4.51. The summed E-state index contributed by atoms with van der Waals surface area (Å²) in [6.45, 7) is 0.560. The van der Waals surface area contributed by atoms with Crippen molar-refractivity contribution in [1.29, 1.82) is 0 Å². The lowest BCUT2D eigenvalue weighted by Gasteiger charge is -2.09. The highest BCUT2D eigenvalue weighted by atomic mass is 32.2. The van der Waals surface area contributed by atoms with Crippen LogP contribution in [0.1, 0.15) is 36.0 Å². The Hall–Kier alpha value is -2.39. The Bertz CT molecular complexity index is 921. The summed E-state index contributed by atoms with van der Waals surface area (Å²) in [5.41, 5.74) is 0.0701. The molecule has 0 amide bonds. The molecule has 3 aromatic rings. The standard InChI is InChI=1S/C19H20N4O3S2/c24-23(25)15-6-8-16(9-7-15)26-10-2-12-28-19-21-20-18(22(19)14-4-5-14)13-17-3-1-11-27-17/h1,3,6-9,11,14H,2,4-5,10,12-13H2. The molecule has 0 radical (unpaired) electrons. The van der Waals surface area contributed by atoms with E-state index in [1.807, 2.05) is 0 Å². The average molecular weight is 417 g/mol. The van der Waals surface area contributed by atoms with E-state index in [-0.39, 0.29) is 5.69 Å². The Morgan fingerprint density at radius 1 is 1.25 bits per heavy atom. The highest BCUT2D eigenvalue weighted by molar-refractivity contribution is 7.99. The highest BCUT2D eigenvalue weighted by Gasteiger charge is 2.29. The molecule has 7 nitrogen and oxygen atoms in total. The Balaban J connectivity index is 1.27. The van der Waals surface area contributed by atoms with Gasteiger partial charge < -0.3 is 9.30 Å². The van der Waals surface area contributed by atoms with Gasteiger partial charge in [-0.1, -0.05) is 17.8 Å². The normalized spacial score (nSPS) is 13.6. The van der Waals surface area contributed by atoms with E-state index in [0.29, 0.717) is 18.4 Å². The molecule has 2 aromatic heterocycles. The van der Waals surface area contributed by atoms with Crippen LogP contribution in [0.2, 0.25) is 0 Å². The maximum Gasteiger partial charge on any atom is 0.269 e. The number of non-ortho nitro benzene ring substituents is 1. The second kappa shape index (κ2) is 8.74. The van der Waals surface area contributed by atoms with Crippen LogP contribution in [-0.2, 0) is 6.42 Å². The fourth-order valence-electron chi connectivity index (χ4n) is 2.87. The molecule has 4 rings (SSSR count). The molecule has 28 heavy (non-hydrogen) atoms. The molecule has 2 heterocycles. The third kappa shape index (κ3) is 4.71.